The summed E-state index contributed by atoms with van der Waals surface area (Å²) < 4.78 is 29.7. The molecule has 0 aliphatic heterocycles. The van der Waals surface area contributed by atoms with E-state index < -0.39 is 24.2 Å². The van der Waals surface area contributed by atoms with Crippen molar-refractivity contribution in [1.29, 1.82) is 0 Å². The summed E-state index contributed by atoms with van der Waals surface area (Å²) in [5.41, 5.74) is -0.494. The van der Waals surface area contributed by atoms with Crippen molar-refractivity contribution in [2.45, 2.75) is 19.9 Å². The molecule has 0 saturated carbocycles. The van der Waals surface area contributed by atoms with E-state index in [9.17, 15) is 18.4 Å². The number of aromatic nitrogens is 2. The molecule has 94 valence electrons. The molecule has 17 heavy (non-hydrogen) atoms. The van der Waals surface area contributed by atoms with Gasteiger partial charge < -0.3 is 4.74 Å². The molecule has 0 N–H and O–H groups in total. The Hall–Kier alpha value is -1.50. The fourth-order valence-electron chi connectivity index (χ4n) is 1.15. The van der Waals surface area contributed by atoms with Crippen LogP contribution in [0.25, 0.3) is 0 Å². The van der Waals surface area contributed by atoms with E-state index in [1.165, 1.54) is 0 Å². The van der Waals surface area contributed by atoms with E-state index in [1.54, 1.807) is 6.92 Å². The topological polar surface area (TPSA) is 61.2 Å². The first-order valence-corrected chi connectivity index (χ1v) is 5.06. The van der Waals surface area contributed by atoms with Crippen LogP contribution in [0.15, 0.2) is 6.07 Å². The van der Waals surface area contributed by atoms with Crippen LogP contribution in [0.5, 0.6) is 0 Å². The molecule has 0 atom stereocenters. The fraction of sp³-hybridized carbons (Fsp3) is 0.444. The van der Waals surface area contributed by atoms with Gasteiger partial charge in [0.1, 0.15) is 12.2 Å². The second kappa shape index (κ2) is 5.72. The van der Waals surface area contributed by atoms with Crippen molar-refractivity contribution in [1.82, 2.24) is 9.78 Å². The van der Waals surface area contributed by atoms with E-state index in [2.05, 4.69) is 9.84 Å². The quantitative estimate of drug-likeness (QED) is 0.601. The lowest BCUT2D eigenvalue weighted by Gasteiger charge is -2.02. The van der Waals surface area contributed by atoms with Crippen molar-refractivity contribution in [2.24, 2.45) is 0 Å². The number of ether oxygens (including phenoxy) is 1. The van der Waals surface area contributed by atoms with Gasteiger partial charge in [-0.05, 0) is 18.5 Å². The number of rotatable bonds is 5. The maximum absolute atomic E-state index is 12.2. The van der Waals surface area contributed by atoms with Crippen LogP contribution in [-0.2, 0) is 11.3 Å². The van der Waals surface area contributed by atoms with Crippen LogP contribution < -0.4 is 0 Å². The maximum atomic E-state index is 12.2. The fourth-order valence-corrected chi connectivity index (χ4v) is 1.30. The van der Waals surface area contributed by atoms with E-state index in [1.807, 2.05) is 0 Å². The van der Waals surface area contributed by atoms with Crippen LogP contribution in [-0.4, -0.2) is 34.0 Å². The van der Waals surface area contributed by atoms with Gasteiger partial charge in [0.05, 0.1) is 6.61 Å². The highest BCUT2D eigenvalue weighted by Crippen LogP contribution is 2.11. The Bertz CT molecular complexity index is 434. The predicted octanol–water partition coefficient (Wildman–Crippen LogP) is 1.70. The average molecular weight is 267 g/mol. The number of carbonyl (C=O) groups excluding carboxylic acids is 2. The monoisotopic (exact) mass is 266 g/mol. The molecule has 0 bridgehead atoms. The SMILES string of the molecule is CCOC(=O)c1cc(C(=O)Cl)n(CC(F)F)n1. The highest BCUT2D eigenvalue weighted by atomic mass is 35.5. The number of halogens is 3. The number of alkyl halides is 2. The number of hydrogen-bond donors (Lipinski definition) is 0. The van der Waals surface area contributed by atoms with Gasteiger partial charge in [0.2, 0.25) is 0 Å². The summed E-state index contributed by atoms with van der Waals surface area (Å²) in [6.07, 6.45) is -2.71. The molecule has 0 aromatic carbocycles. The zero-order chi connectivity index (χ0) is 13.0. The van der Waals surface area contributed by atoms with E-state index >= 15 is 0 Å². The van der Waals surface area contributed by atoms with Crippen LogP contribution in [0, 0.1) is 0 Å². The lowest BCUT2D eigenvalue weighted by Crippen LogP contribution is -2.13. The second-order valence-corrected chi connectivity index (χ2v) is 3.33. The van der Waals surface area contributed by atoms with Gasteiger partial charge in [0, 0.05) is 6.07 Å². The molecule has 5 nitrogen and oxygen atoms in total. The second-order valence-electron chi connectivity index (χ2n) is 2.98. The molecule has 1 rings (SSSR count). The molecule has 1 aromatic rings. The molecule has 0 radical (unpaired) electrons. The molecule has 0 fully saturated rings. The molecule has 1 aromatic heterocycles. The zero-order valence-electron chi connectivity index (χ0n) is 8.82. The predicted molar refractivity (Wildman–Crippen MR) is 54.4 cm³/mol. The number of carbonyl (C=O) groups is 2. The average Bonchev–Trinajstić information content (AvgIpc) is 2.61. The summed E-state index contributed by atoms with van der Waals surface area (Å²) in [5.74, 6) is -0.792. The van der Waals surface area contributed by atoms with E-state index in [4.69, 9.17) is 11.6 Å². The Balaban J connectivity index is 3.03. The highest BCUT2D eigenvalue weighted by molar-refractivity contribution is 6.67. The molecular weight excluding hydrogens is 258 g/mol. The van der Waals surface area contributed by atoms with E-state index in [-0.39, 0.29) is 18.0 Å². The molecule has 1 heterocycles. The zero-order valence-corrected chi connectivity index (χ0v) is 9.58. The van der Waals surface area contributed by atoms with Crippen LogP contribution in [0.2, 0.25) is 0 Å². The first-order valence-electron chi connectivity index (χ1n) is 4.68. The Morgan fingerprint density at radius 2 is 2.24 bits per heavy atom. The third-order valence-corrected chi connectivity index (χ3v) is 1.97. The Morgan fingerprint density at radius 3 is 2.71 bits per heavy atom. The van der Waals surface area contributed by atoms with Gasteiger partial charge in [0.15, 0.2) is 5.69 Å². The third-order valence-electron chi connectivity index (χ3n) is 1.78. The first-order chi connectivity index (χ1) is 7.95. The van der Waals surface area contributed by atoms with Gasteiger partial charge in [-0.1, -0.05) is 0 Å². The minimum Gasteiger partial charge on any atom is -0.461 e. The Labute approximate surface area is 100 Å². The van der Waals surface area contributed by atoms with Gasteiger partial charge in [-0.3, -0.25) is 9.48 Å². The number of nitrogens with zero attached hydrogens (tertiary/aromatic N) is 2. The molecule has 0 aliphatic rings. The highest BCUT2D eigenvalue weighted by Gasteiger charge is 2.20. The van der Waals surface area contributed by atoms with Crippen molar-refractivity contribution < 1.29 is 23.1 Å². The molecule has 0 spiro atoms. The Kier molecular flexibility index (Phi) is 4.56. The largest absolute Gasteiger partial charge is 0.461 e. The van der Waals surface area contributed by atoms with Crippen molar-refractivity contribution >= 4 is 22.8 Å². The van der Waals surface area contributed by atoms with Crippen LogP contribution in [0.1, 0.15) is 27.9 Å². The first kappa shape index (κ1) is 13.6. The molecule has 0 aliphatic carbocycles. The maximum Gasteiger partial charge on any atom is 0.358 e. The summed E-state index contributed by atoms with van der Waals surface area (Å²) in [6, 6.07) is 1.02. The van der Waals surface area contributed by atoms with E-state index in [0.717, 1.165) is 6.07 Å². The summed E-state index contributed by atoms with van der Waals surface area (Å²) in [7, 11) is 0. The van der Waals surface area contributed by atoms with Gasteiger partial charge >= 0.3 is 5.97 Å². The Morgan fingerprint density at radius 1 is 1.59 bits per heavy atom. The van der Waals surface area contributed by atoms with Gasteiger partial charge in [0.25, 0.3) is 11.7 Å². The minimum absolute atomic E-state index is 0.116. The number of hydrogen-bond acceptors (Lipinski definition) is 4. The van der Waals surface area contributed by atoms with Gasteiger partial charge in [-0.25, -0.2) is 13.6 Å². The summed E-state index contributed by atoms with van der Waals surface area (Å²) in [4.78, 5) is 22.2. The lowest BCUT2D eigenvalue weighted by atomic mass is 10.3. The van der Waals surface area contributed by atoms with Crippen molar-refractivity contribution in [2.75, 3.05) is 6.61 Å². The molecular formula is C9H9ClF2N2O3. The molecule has 0 amide bonds. The summed E-state index contributed by atoms with van der Waals surface area (Å²) >= 11 is 5.19. The van der Waals surface area contributed by atoms with Crippen LogP contribution in [0.4, 0.5) is 8.78 Å². The van der Waals surface area contributed by atoms with Crippen molar-refractivity contribution in [3.63, 3.8) is 0 Å². The van der Waals surface area contributed by atoms with E-state index in [0.29, 0.717) is 4.68 Å². The molecule has 8 heteroatoms. The summed E-state index contributed by atoms with van der Waals surface area (Å²) in [5, 5.41) is 2.58. The van der Waals surface area contributed by atoms with Gasteiger partial charge in [-0.2, -0.15) is 5.10 Å². The van der Waals surface area contributed by atoms with Crippen LogP contribution >= 0.6 is 11.6 Å². The smallest absolute Gasteiger partial charge is 0.358 e. The van der Waals surface area contributed by atoms with Crippen molar-refractivity contribution in [3.8, 4) is 0 Å². The van der Waals surface area contributed by atoms with Gasteiger partial charge in [-0.15, -0.1) is 0 Å². The minimum atomic E-state index is -2.71. The molecule has 0 unspecified atom stereocenters. The molecule has 0 saturated heterocycles. The van der Waals surface area contributed by atoms with Crippen LogP contribution in [0.3, 0.4) is 0 Å². The van der Waals surface area contributed by atoms with Crippen molar-refractivity contribution in [3.05, 3.63) is 17.5 Å². The number of esters is 1. The summed E-state index contributed by atoms with van der Waals surface area (Å²) in [6.45, 7) is 0.888. The third kappa shape index (κ3) is 3.48. The standard InChI is InChI=1S/C9H9ClF2N2O3/c1-2-17-9(16)5-3-6(8(10)15)14(13-5)4-7(11)12/h3,7H,2,4H2,1H3. The lowest BCUT2D eigenvalue weighted by molar-refractivity contribution is 0.0516. The normalized spacial score (nSPS) is 10.6.